The number of carbonyl (C=O) groups excluding carboxylic acids is 1. The Morgan fingerprint density at radius 1 is 1.21 bits per heavy atom. The molecule has 0 spiro atoms. The molecule has 7 nitrogen and oxygen atoms in total. The van der Waals surface area contributed by atoms with Gasteiger partial charge >= 0.3 is 5.97 Å². The molecule has 0 saturated heterocycles. The molecule has 0 bridgehead atoms. The summed E-state index contributed by atoms with van der Waals surface area (Å²) in [4.78, 5) is 22.5. The highest BCUT2D eigenvalue weighted by molar-refractivity contribution is 5.71. The van der Waals surface area contributed by atoms with Crippen molar-refractivity contribution in [1.29, 1.82) is 0 Å². The molecule has 8 heteroatoms. The van der Waals surface area contributed by atoms with E-state index >= 15 is 0 Å². The summed E-state index contributed by atoms with van der Waals surface area (Å²) in [5.74, 6) is -0.858. The van der Waals surface area contributed by atoms with Crippen LogP contribution in [0.5, 0.6) is 5.75 Å². The van der Waals surface area contributed by atoms with Gasteiger partial charge in [-0.25, -0.2) is 4.39 Å². The number of nitro groups is 1. The Morgan fingerprint density at radius 3 is 2.39 bits per heavy atom. The third-order valence-corrected chi connectivity index (χ3v) is 3.82. The Labute approximate surface area is 162 Å². The summed E-state index contributed by atoms with van der Waals surface area (Å²) in [6, 6.07) is 9.82. The number of nitrogen functional groups attached to an aromatic ring is 1. The van der Waals surface area contributed by atoms with E-state index in [1.807, 2.05) is 0 Å². The molecule has 150 valence electrons. The number of benzene rings is 2. The molecular weight excluding hydrogens is 367 g/mol. The van der Waals surface area contributed by atoms with E-state index in [1.165, 1.54) is 30.3 Å². The highest BCUT2D eigenvalue weighted by Gasteiger charge is 2.23. The largest absolute Gasteiger partial charge is 0.493 e. The van der Waals surface area contributed by atoms with E-state index in [4.69, 9.17) is 15.2 Å². The molecule has 0 aliphatic rings. The van der Waals surface area contributed by atoms with Gasteiger partial charge in [0.15, 0.2) is 0 Å². The zero-order valence-electron chi connectivity index (χ0n) is 16.0. The van der Waals surface area contributed by atoms with Crippen molar-refractivity contribution in [2.45, 2.75) is 38.7 Å². The Kier molecular flexibility index (Phi) is 6.56. The van der Waals surface area contributed by atoms with Crippen molar-refractivity contribution in [3.8, 4) is 5.75 Å². The van der Waals surface area contributed by atoms with Gasteiger partial charge in [-0.15, -0.1) is 0 Å². The third kappa shape index (κ3) is 6.22. The summed E-state index contributed by atoms with van der Waals surface area (Å²) in [6.07, 6.45) is 0.0331. The number of hydrogen-bond donors (Lipinski definition) is 1. The number of esters is 1. The van der Waals surface area contributed by atoms with Crippen LogP contribution in [0.25, 0.3) is 0 Å². The van der Waals surface area contributed by atoms with Crippen LogP contribution in [0.4, 0.5) is 15.8 Å². The van der Waals surface area contributed by atoms with Crippen LogP contribution in [0.1, 0.15) is 38.7 Å². The van der Waals surface area contributed by atoms with Gasteiger partial charge in [0.1, 0.15) is 22.9 Å². The van der Waals surface area contributed by atoms with E-state index in [9.17, 15) is 19.3 Å². The Balaban J connectivity index is 2.15. The molecule has 28 heavy (non-hydrogen) atoms. The first-order valence-corrected chi connectivity index (χ1v) is 8.69. The summed E-state index contributed by atoms with van der Waals surface area (Å²) in [5, 5.41) is 10.8. The molecule has 0 amide bonds. The van der Waals surface area contributed by atoms with Gasteiger partial charge in [-0.3, -0.25) is 14.9 Å². The minimum absolute atomic E-state index is 0.0204. The first-order chi connectivity index (χ1) is 13.0. The lowest BCUT2D eigenvalue weighted by Crippen LogP contribution is -2.26. The summed E-state index contributed by atoms with van der Waals surface area (Å²) in [6.45, 7) is 5.40. The minimum Gasteiger partial charge on any atom is -0.493 e. The molecule has 0 saturated carbocycles. The van der Waals surface area contributed by atoms with E-state index in [1.54, 1.807) is 32.9 Å². The number of nitro benzene ring substituents is 1. The van der Waals surface area contributed by atoms with Crippen LogP contribution in [0.2, 0.25) is 0 Å². The average Bonchev–Trinajstić information content (AvgIpc) is 2.57. The van der Waals surface area contributed by atoms with Crippen molar-refractivity contribution in [3.63, 3.8) is 0 Å². The van der Waals surface area contributed by atoms with Crippen LogP contribution in [0, 0.1) is 15.9 Å². The molecule has 0 radical (unpaired) electrons. The lowest BCUT2D eigenvalue weighted by Gasteiger charge is -2.23. The fourth-order valence-electron chi connectivity index (χ4n) is 2.58. The van der Waals surface area contributed by atoms with Gasteiger partial charge in [0, 0.05) is 18.1 Å². The number of hydrogen-bond acceptors (Lipinski definition) is 6. The van der Waals surface area contributed by atoms with Gasteiger partial charge in [0.25, 0.3) is 5.69 Å². The van der Waals surface area contributed by atoms with Crippen LogP contribution < -0.4 is 10.5 Å². The van der Waals surface area contributed by atoms with Crippen molar-refractivity contribution < 1.29 is 23.6 Å². The first kappa shape index (κ1) is 21.1. The number of anilines is 1. The van der Waals surface area contributed by atoms with Crippen LogP contribution in [0.15, 0.2) is 42.5 Å². The van der Waals surface area contributed by atoms with E-state index < -0.39 is 22.4 Å². The van der Waals surface area contributed by atoms with Gasteiger partial charge in [-0.2, -0.15) is 0 Å². The number of nitrogens with zero attached hydrogens (tertiary/aromatic N) is 1. The molecular formula is C20H23FN2O5. The van der Waals surface area contributed by atoms with Crippen LogP contribution in [0.3, 0.4) is 0 Å². The van der Waals surface area contributed by atoms with E-state index in [0.717, 1.165) is 0 Å². The standard InChI is InChI=1S/C20H23FN2O5/c1-20(2,3)28-19(24)10-14(13-4-6-15(21)7-5-13)12-27-16-8-9-18(23(25)26)17(22)11-16/h4-9,11,14H,10,12,22H2,1-3H3/t14-/m0/s1. The van der Waals surface area contributed by atoms with Crippen molar-refractivity contribution in [1.82, 2.24) is 0 Å². The van der Waals surface area contributed by atoms with Gasteiger partial charge in [-0.05, 0) is 44.5 Å². The van der Waals surface area contributed by atoms with Gasteiger partial charge in [-0.1, -0.05) is 12.1 Å². The second kappa shape index (κ2) is 8.69. The summed E-state index contributed by atoms with van der Waals surface area (Å²) < 4.78 is 24.3. The van der Waals surface area contributed by atoms with Crippen molar-refractivity contribution in [3.05, 3.63) is 64.0 Å². The van der Waals surface area contributed by atoms with Crippen molar-refractivity contribution >= 4 is 17.3 Å². The molecule has 0 heterocycles. The average molecular weight is 390 g/mol. The number of carbonyl (C=O) groups is 1. The topological polar surface area (TPSA) is 105 Å². The van der Waals surface area contributed by atoms with Crippen molar-refractivity contribution in [2.75, 3.05) is 12.3 Å². The number of ether oxygens (including phenoxy) is 2. The Morgan fingerprint density at radius 2 is 1.86 bits per heavy atom. The maximum Gasteiger partial charge on any atom is 0.307 e. The lowest BCUT2D eigenvalue weighted by atomic mass is 9.96. The second-order valence-corrected chi connectivity index (χ2v) is 7.33. The molecule has 0 aliphatic heterocycles. The fourth-order valence-corrected chi connectivity index (χ4v) is 2.58. The fraction of sp³-hybridized carbons (Fsp3) is 0.350. The molecule has 2 aromatic carbocycles. The Bertz CT molecular complexity index is 847. The smallest absolute Gasteiger partial charge is 0.307 e. The lowest BCUT2D eigenvalue weighted by molar-refractivity contribution is -0.383. The van der Waals surface area contributed by atoms with Gasteiger partial charge in [0.2, 0.25) is 0 Å². The molecule has 2 rings (SSSR count). The molecule has 0 unspecified atom stereocenters. The van der Waals surface area contributed by atoms with Gasteiger partial charge < -0.3 is 15.2 Å². The monoisotopic (exact) mass is 390 g/mol. The normalized spacial score (nSPS) is 12.3. The number of rotatable bonds is 7. The zero-order chi connectivity index (χ0) is 20.9. The van der Waals surface area contributed by atoms with Gasteiger partial charge in [0.05, 0.1) is 18.0 Å². The molecule has 0 aliphatic carbocycles. The van der Waals surface area contributed by atoms with E-state index in [2.05, 4.69) is 0 Å². The SMILES string of the molecule is CC(C)(C)OC(=O)C[C@@H](COc1ccc([N+](=O)[O-])c(N)c1)c1ccc(F)cc1. The second-order valence-electron chi connectivity index (χ2n) is 7.33. The third-order valence-electron chi connectivity index (χ3n) is 3.82. The highest BCUT2D eigenvalue weighted by atomic mass is 19.1. The summed E-state index contributed by atoms with van der Waals surface area (Å²) in [5.41, 5.74) is 5.52. The van der Waals surface area contributed by atoms with Crippen LogP contribution in [-0.2, 0) is 9.53 Å². The quantitative estimate of drug-likeness (QED) is 0.329. The Hall–Kier alpha value is -3.16. The molecule has 0 fully saturated rings. The molecule has 2 N–H and O–H groups in total. The molecule has 1 atom stereocenters. The van der Waals surface area contributed by atoms with Crippen molar-refractivity contribution in [2.24, 2.45) is 0 Å². The maximum atomic E-state index is 13.2. The van der Waals surface area contributed by atoms with Crippen LogP contribution >= 0.6 is 0 Å². The van der Waals surface area contributed by atoms with E-state index in [0.29, 0.717) is 11.3 Å². The summed E-state index contributed by atoms with van der Waals surface area (Å²) in [7, 11) is 0. The predicted molar refractivity (Wildman–Crippen MR) is 103 cm³/mol. The first-order valence-electron chi connectivity index (χ1n) is 8.69. The van der Waals surface area contributed by atoms with Crippen LogP contribution in [-0.4, -0.2) is 23.1 Å². The minimum atomic E-state index is -0.627. The number of halogens is 1. The maximum absolute atomic E-state index is 13.2. The summed E-state index contributed by atoms with van der Waals surface area (Å²) >= 11 is 0. The predicted octanol–water partition coefficient (Wildman–Crippen LogP) is 4.21. The molecule has 0 aromatic heterocycles. The number of nitrogens with two attached hydrogens (primary N) is 1. The molecule has 2 aromatic rings. The zero-order valence-corrected chi connectivity index (χ0v) is 16.0. The van der Waals surface area contributed by atoms with E-state index in [-0.39, 0.29) is 30.2 Å². The highest BCUT2D eigenvalue weighted by Crippen LogP contribution is 2.28.